The molecule has 644 valence electrons. The van der Waals surface area contributed by atoms with Gasteiger partial charge in [-0.2, -0.15) is 40.4 Å². The predicted octanol–water partition coefficient (Wildman–Crippen LogP) is 22.9. The van der Waals surface area contributed by atoms with Crippen molar-refractivity contribution in [1.29, 1.82) is 0 Å². The molecule has 130 heavy (non-hydrogen) atoms. The second-order valence-electron chi connectivity index (χ2n) is 27.6. The molecular formula is C108H80F4N12O4Pd2. The van der Waals surface area contributed by atoms with E-state index in [-0.39, 0.29) is 87.7 Å². The number of anilines is 4. The maximum absolute atomic E-state index is 13.2. The zero-order valence-corrected chi connectivity index (χ0v) is 72.4. The smallest absolute Gasteiger partial charge is 0.267 e. The Bertz CT molecular complexity index is 5540. The van der Waals surface area contributed by atoms with Crippen LogP contribution in [0.1, 0.15) is 66.8 Å². The van der Waals surface area contributed by atoms with Gasteiger partial charge in [0.25, 0.3) is 23.6 Å². The van der Waals surface area contributed by atoms with Crippen LogP contribution >= 0.6 is 0 Å². The topological polar surface area (TPSA) is 182 Å². The summed E-state index contributed by atoms with van der Waals surface area (Å²) >= 11 is 0. The molecule has 0 aliphatic heterocycles. The average Bonchev–Trinajstić information content (AvgIpc) is 0.830. The van der Waals surface area contributed by atoms with Crippen molar-refractivity contribution in [3.05, 3.63) is 552 Å². The molecule has 0 fully saturated rings. The van der Waals surface area contributed by atoms with Gasteiger partial charge in [0.1, 0.15) is 23.3 Å². The van der Waals surface area contributed by atoms with Gasteiger partial charge in [0.15, 0.2) is 23.3 Å². The summed E-state index contributed by atoms with van der Waals surface area (Å²) < 4.78 is 52.7. The third-order valence-corrected chi connectivity index (χ3v) is 18.6. The molecule has 16 rings (SSSR count). The first-order chi connectivity index (χ1) is 62.8. The van der Waals surface area contributed by atoms with E-state index in [1.54, 1.807) is 170 Å². The second kappa shape index (κ2) is 50.1. The van der Waals surface area contributed by atoms with Crippen LogP contribution in [0.5, 0.6) is 0 Å². The Morgan fingerprint density at radius 1 is 0.200 bits per heavy atom. The van der Waals surface area contributed by atoms with Gasteiger partial charge in [0, 0.05) is 134 Å². The quantitative estimate of drug-likeness (QED) is 0.0188. The molecule has 0 N–H and O–H groups in total. The van der Waals surface area contributed by atoms with Gasteiger partial charge in [-0.15, -0.1) is 0 Å². The Morgan fingerprint density at radius 3 is 0.485 bits per heavy atom. The van der Waals surface area contributed by atoms with Crippen LogP contribution in [0.15, 0.2) is 482 Å². The predicted molar refractivity (Wildman–Crippen MR) is 503 cm³/mol. The monoisotopic (exact) mass is 1900 g/mol. The van der Waals surface area contributed by atoms with Crippen LogP contribution in [0, 0.1) is 23.3 Å². The number of hydrogen-bond acceptors (Lipinski definition) is 12. The number of rotatable bonds is 24. The van der Waals surface area contributed by atoms with Crippen molar-refractivity contribution in [2.75, 3.05) is 20.0 Å². The van der Waals surface area contributed by atoms with Gasteiger partial charge in [-0.3, -0.25) is 19.2 Å². The summed E-state index contributed by atoms with van der Waals surface area (Å²) in [5.74, 6) is -1.25. The Morgan fingerprint density at radius 2 is 0.346 bits per heavy atom. The number of hydrogen-bond donors (Lipinski definition) is 0. The molecule has 16 nitrogen and oxygen atoms in total. The van der Waals surface area contributed by atoms with E-state index < -0.39 is 0 Å². The van der Waals surface area contributed by atoms with Crippen LogP contribution in [0.25, 0.3) is 24.3 Å². The van der Waals surface area contributed by atoms with Crippen LogP contribution < -0.4 is 20.0 Å². The van der Waals surface area contributed by atoms with Crippen LogP contribution in [-0.2, 0) is 60.0 Å². The summed E-state index contributed by atoms with van der Waals surface area (Å²) in [6.07, 6.45) is 18.5. The Labute approximate surface area is 778 Å². The van der Waals surface area contributed by atoms with Crippen molar-refractivity contribution in [3.8, 4) is 0 Å². The van der Waals surface area contributed by atoms with Crippen LogP contribution in [0.2, 0.25) is 0 Å². The number of carbonyl (C=O) groups excluding carboxylic acids is 4. The number of amides is 4. The summed E-state index contributed by atoms with van der Waals surface area (Å²) in [5, 5.41) is 24.1. The Kier molecular flexibility index (Phi) is 36.4. The zero-order valence-electron chi connectivity index (χ0n) is 69.3. The number of pyridine rings is 4. The van der Waals surface area contributed by atoms with Gasteiger partial charge in [-0.25, -0.2) is 37.5 Å². The molecule has 0 spiro atoms. The van der Waals surface area contributed by atoms with E-state index >= 15 is 0 Å². The summed E-state index contributed by atoms with van der Waals surface area (Å²) in [4.78, 5) is 70.1. The largest absolute Gasteiger partial charge is 0.272 e. The van der Waals surface area contributed by atoms with Crippen LogP contribution in [0.4, 0.5) is 40.8 Å². The van der Waals surface area contributed by atoms with E-state index in [0.29, 0.717) is 68.4 Å². The van der Waals surface area contributed by atoms with Crippen LogP contribution in [0.3, 0.4) is 0 Å². The standard InChI is InChI=1S/4C27H20FN3O.2Pd/c4*28-24-17-14-21(15-18-24)16-19-26(32)31(25-13-7-8-20-29-25)30-27(22-9-3-1-4-10-22)23-11-5-2-6-12-23;;/h4*1-20H;;/b4*19-16+;;. The minimum Gasteiger partial charge on any atom is -0.267 e. The van der Waals surface area contributed by atoms with Crippen molar-refractivity contribution in [2.45, 2.75) is 0 Å². The molecule has 0 saturated heterocycles. The number of benzene rings is 12. The van der Waals surface area contributed by atoms with Crippen molar-refractivity contribution in [2.24, 2.45) is 20.4 Å². The maximum Gasteiger partial charge on any atom is 0.272 e. The average molecular weight is 1900 g/mol. The molecule has 4 aromatic heterocycles. The first kappa shape index (κ1) is 94.5. The number of hydrazone groups is 4. The molecule has 0 aliphatic carbocycles. The van der Waals surface area contributed by atoms with Crippen molar-refractivity contribution in [1.82, 2.24) is 19.9 Å². The Balaban J connectivity index is 0.000000167. The summed E-state index contributed by atoms with van der Waals surface area (Å²) in [6.45, 7) is 0. The molecule has 0 bridgehead atoms. The first-order valence-electron chi connectivity index (χ1n) is 40.4. The maximum atomic E-state index is 13.2. The van der Waals surface area contributed by atoms with Gasteiger partial charge in [0.05, 0.1) is 22.8 Å². The van der Waals surface area contributed by atoms with Gasteiger partial charge in [-0.05, 0) is 144 Å². The molecule has 0 unspecified atom stereocenters. The molecule has 0 atom stereocenters. The third-order valence-electron chi connectivity index (χ3n) is 18.6. The van der Waals surface area contributed by atoms with E-state index in [1.165, 1.54) is 92.9 Å². The molecule has 0 radical (unpaired) electrons. The molecular weight excluding hydrogens is 1820 g/mol. The number of nitrogens with zero attached hydrogens (tertiary/aromatic N) is 12. The first-order valence-corrected chi connectivity index (χ1v) is 40.4. The van der Waals surface area contributed by atoms with Gasteiger partial charge in [-0.1, -0.05) is 315 Å². The molecule has 22 heteroatoms. The summed E-state index contributed by atoms with van der Waals surface area (Å²) in [6, 6.07) is 122. The van der Waals surface area contributed by atoms with Gasteiger partial charge in [0.2, 0.25) is 0 Å². The van der Waals surface area contributed by atoms with E-state index in [4.69, 9.17) is 20.4 Å². The van der Waals surface area contributed by atoms with Gasteiger partial charge < -0.3 is 0 Å². The fourth-order valence-corrected chi connectivity index (χ4v) is 12.3. The number of carbonyl (C=O) groups is 4. The Hall–Kier alpha value is -16.2. The molecule has 0 saturated carbocycles. The van der Waals surface area contributed by atoms with Crippen molar-refractivity contribution in [3.63, 3.8) is 0 Å². The summed E-state index contributed by atoms with van der Waals surface area (Å²) in [7, 11) is 0. The SMILES string of the molecule is O=C(/C=C/c1ccc(F)cc1)N(N=C(c1ccccc1)c1ccccc1)c1ccccn1.O=C(/C=C/c1ccc(F)cc1)N(N=C(c1ccccc1)c1ccccc1)c1ccccn1.O=C(/C=C/c1ccc(F)cc1)N(N=C(c1ccccc1)c1ccccc1)c1ccccn1.O=C(/C=C/c1ccc(F)cc1)N(N=C(c1ccccc1)c1ccccc1)c1ccccn1.[Pd].[Pd]. The molecule has 12 aromatic carbocycles. The number of halogens is 4. The fraction of sp³-hybridized carbons (Fsp3) is 0. The number of aromatic nitrogens is 4. The third kappa shape index (κ3) is 28.4. The van der Waals surface area contributed by atoms with E-state index in [2.05, 4.69) is 19.9 Å². The molecule has 4 heterocycles. The van der Waals surface area contributed by atoms with E-state index in [0.717, 1.165) is 44.5 Å². The fourth-order valence-electron chi connectivity index (χ4n) is 12.3. The van der Waals surface area contributed by atoms with Crippen molar-refractivity contribution < 1.29 is 77.6 Å². The minimum absolute atomic E-state index is 0. The molecule has 4 amide bonds. The minimum atomic E-state index is -0.377. The van der Waals surface area contributed by atoms with Crippen LogP contribution in [-0.4, -0.2) is 66.4 Å². The normalized spacial score (nSPS) is 10.5. The zero-order chi connectivity index (χ0) is 88.7. The molecule has 0 aliphatic rings. The van der Waals surface area contributed by atoms with Crippen molar-refractivity contribution >= 4 is 94.1 Å². The second-order valence-corrected chi connectivity index (χ2v) is 27.6. The van der Waals surface area contributed by atoms with E-state index in [9.17, 15) is 36.7 Å². The summed E-state index contributed by atoms with van der Waals surface area (Å²) in [5.41, 5.74) is 12.3. The van der Waals surface area contributed by atoms with E-state index in [1.807, 2.05) is 243 Å². The molecule has 16 aromatic rings. The van der Waals surface area contributed by atoms with Gasteiger partial charge >= 0.3 is 0 Å².